The van der Waals surface area contributed by atoms with Crippen molar-refractivity contribution in [3.63, 3.8) is 0 Å². The zero-order chi connectivity index (χ0) is 17.1. The Kier molecular flexibility index (Phi) is 4.46. The molecule has 0 amide bonds. The lowest BCUT2D eigenvalue weighted by molar-refractivity contribution is -0.138. The Hall–Kier alpha value is -2.89. The molecule has 2 aromatic rings. The van der Waals surface area contributed by atoms with Gasteiger partial charge in [0.25, 0.3) is 0 Å². The first kappa shape index (κ1) is 16.0. The third-order valence-corrected chi connectivity index (χ3v) is 3.95. The molecule has 0 aliphatic carbocycles. The van der Waals surface area contributed by atoms with Crippen LogP contribution in [0, 0.1) is 0 Å². The number of aromatic hydroxyl groups is 1. The van der Waals surface area contributed by atoms with Crippen LogP contribution >= 0.6 is 0 Å². The molecule has 3 rings (SSSR count). The summed E-state index contributed by atoms with van der Waals surface area (Å²) < 4.78 is 16.1. The quantitative estimate of drug-likeness (QED) is 0.876. The minimum absolute atomic E-state index is 0.0208. The van der Waals surface area contributed by atoms with E-state index in [0.29, 0.717) is 36.0 Å². The largest absolute Gasteiger partial charge is 0.504 e. The van der Waals surface area contributed by atoms with Crippen LogP contribution in [0.5, 0.6) is 23.0 Å². The summed E-state index contributed by atoms with van der Waals surface area (Å²) in [6.07, 6.45) is 0.269. The number of carboxylic acid groups (broad SMARTS) is 1. The van der Waals surface area contributed by atoms with Crippen LogP contribution in [0.3, 0.4) is 0 Å². The maximum Gasteiger partial charge on any atom is 0.311 e. The zero-order valence-electron chi connectivity index (χ0n) is 13.2. The summed E-state index contributed by atoms with van der Waals surface area (Å²) in [6.45, 7) is 0.936. The number of hydrogen-bond donors (Lipinski definition) is 2. The van der Waals surface area contributed by atoms with E-state index in [9.17, 15) is 15.0 Å². The van der Waals surface area contributed by atoms with E-state index in [1.54, 1.807) is 30.3 Å². The molecule has 0 saturated heterocycles. The molecule has 24 heavy (non-hydrogen) atoms. The fourth-order valence-electron chi connectivity index (χ4n) is 2.71. The summed E-state index contributed by atoms with van der Waals surface area (Å²) in [5.74, 6) is -0.145. The van der Waals surface area contributed by atoms with Crippen LogP contribution in [0.1, 0.15) is 17.0 Å². The molecular weight excluding hydrogens is 312 g/mol. The van der Waals surface area contributed by atoms with Gasteiger partial charge in [0.15, 0.2) is 23.0 Å². The van der Waals surface area contributed by atoms with E-state index in [1.165, 1.54) is 13.2 Å². The van der Waals surface area contributed by atoms with Crippen molar-refractivity contribution >= 4 is 5.97 Å². The molecule has 0 saturated carbocycles. The molecule has 0 aromatic heterocycles. The number of carboxylic acids is 1. The Bertz CT molecular complexity index is 755. The standard InChI is InChI=1S/C18H18O6/c1-22-16-9-11(2-4-14(16)19)8-13(18(20)21)12-3-5-15-17(10-12)24-7-6-23-15/h2-5,9-10,13,19H,6-8H2,1H3,(H,20,21). The highest BCUT2D eigenvalue weighted by Crippen LogP contribution is 2.35. The molecule has 0 fully saturated rings. The Balaban J connectivity index is 1.89. The summed E-state index contributed by atoms with van der Waals surface area (Å²) in [5, 5.41) is 19.3. The normalized spacial score (nSPS) is 14.0. The number of benzene rings is 2. The highest BCUT2D eigenvalue weighted by atomic mass is 16.6. The summed E-state index contributed by atoms with van der Waals surface area (Å²) in [5.41, 5.74) is 1.39. The first-order chi connectivity index (χ1) is 11.6. The van der Waals surface area contributed by atoms with Crippen molar-refractivity contribution in [2.24, 2.45) is 0 Å². The van der Waals surface area contributed by atoms with Crippen molar-refractivity contribution in [1.82, 2.24) is 0 Å². The second kappa shape index (κ2) is 6.70. The van der Waals surface area contributed by atoms with E-state index in [-0.39, 0.29) is 12.2 Å². The maximum absolute atomic E-state index is 11.7. The van der Waals surface area contributed by atoms with E-state index in [2.05, 4.69) is 0 Å². The monoisotopic (exact) mass is 330 g/mol. The lowest BCUT2D eigenvalue weighted by atomic mass is 9.91. The van der Waals surface area contributed by atoms with Crippen molar-refractivity contribution in [2.45, 2.75) is 12.3 Å². The smallest absolute Gasteiger partial charge is 0.311 e. The molecule has 6 nitrogen and oxygen atoms in total. The molecule has 2 aromatic carbocycles. The third-order valence-electron chi connectivity index (χ3n) is 3.95. The van der Waals surface area contributed by atoms with E-state index < -0.39 is 11.9 Å². The number of aliphatic carboxylic acids is 1. The highest BCUT2D eigenvalue weighted by Gasteiger charge is 2.23. The lowest BCUT2D eigenvalue weighted by Crippen LogP contribution is -2.18. The minimum Gasteiger partial charge on any atom is -0.504 e. The summed E-state index contributed by atoms with van der Waals surface area (Å²) in [6, 6.07) is 10.0. The number of hydrogen-bond acceptors (Lipinski definition) is 5. The van der Waals surface area contributed by atoms with Crippen molar-refractivity contribution in [3.8, 4) is 23.0 Å². The molecule has 1 atom stereocenters. The predicted octanol–water partition coefficient (Wildman–Crippen LogP) is 2.58. The second-order valence-corrected chi connectivity index (χ2v) is 5.50. The number of methoxy groups -OCH3 is 1. The van der Waals surface area contributed by atoms with Gasteiger partial charge in [0.2, 0.25) is 0 Å². The van der Waals surface area contributed by atoms with Gasteiger partial charge in [0.1, 0.15) is 13.2 Å². The van der Waals surface area contributed by atoms with Crippen molar-refractivity contribution in [1.29, 1.82) is 0 Å². The van der Waals surface area contributed by atoms with Gasteiger partial charge in [-0.25, -0.2) is 0 Å². The molecular formula is C18H18O6. The fraction of sp³-hybridized carbons (Fsp3) is 0.278. The van der Waals surface area contributed by atoms with Gasteiger partial charge in [-0.1, -0.05) is 12.1 Å². The molecule has 126 valence electrons. The van der Waals surface area contributed by atoms with Gasteiger partial charge in [-0.2, -0.15) is 0 Å². The number of rotatable bonds is 5. The number of phenols is 1. The van der Waals surface area contributed by atoms with Crippen LogP contribution in [0.4, 0.5) is 0 Å². The fourth-order valence-corrected chi connectivity index (χ4v) is 2.71. The van der Waals surface area contributed by atoms with Crippen LogP contribution in [-0.4, -0.2) is 36.5 Å². The third kappa shape index (κ3) is 3.22. The van der Waals surface area contributed by atoms with Gasteiger partial charge in [0, 0.05) is 0 Å². The zero-order valence-corrected chi connectivity index (χ0v) is 13.2. The molecule has 6 heteroatoms. The molecule has 0 bridgehead atoms. The average molecular weight is 330 g/mol. The predicted molar refractivity (Wildman–Crippen MR) is 86.2 cm³/mol. The number of phenolic OH excluding ortho intramolecular Hbond substituents is 1. The first-order valence-corrected chi connectivity index (χ1v) is 7.56. The molecule has 1 aliphatic rings. The number of carbonyl (C=O) groups is 1. The molecule has 0 spiro atoms. The van der Waals surface area contributed by atoms with Crippen molar-refractivity contribution in [2.75, 3.05) is 20.3 Å². The van der Waals surface area contributed by atoms with E-state index in [1.807, 2.05) is 0 Å². The lowest BCUT2D eigenvalue weighted by Gasteiger charge is -2.21. The summed E-state index contributed by atoms with van der Waals surface area (Å²) in [7, 11) is 1.45. The summed E-state index contributed by atoms with van der Waals surface area (Å²) in [4.78, 5) is 11.7. The van der Waals surface area contributed by atoms with Gasteiger partial charge in [-0.3, -0.25) is 4.79 Å². The van der Waals surface area contributed by atoms with Gasteiger partial charge >= 0.3 is 5.97 Å². The van der Waals surface area contributed by atoms with E-state index in [0.717, 1.165) is 5.56 Å². The van der Waals surface area contributed by atoms with Gasteiger partial charge in [-0.05, 0) is 41.8 Å². The SMILES string of the molecule is COc1cc(CC(C(=O)O)c2ccc3c(c2)OCCO3)ccc1O. The van der Waals surface area contributed by atoms with E-state index in [4.69, 9.17) is 14.2 Å². The summed E-state index contributed by atoms with van der Waals surface area (Å²) >= 11 is 0. The Morgan fingerprint density at radius 2 is 1.92 bits per heavy atom. The van der Waals surface area contributed by atoms with Crippen molar-refractivity contribution in [3.05, 3.63) is 47.5 Å². The van der Waals surface area contributed by atoms with Gasteiger partial charge in [0.05, 0.1) is 13.0 Å². The highest BCUT2D eigenvalue weighted by molar-refractivity contribution is 5.77. The molecule has 1 aliphatic heterocycles. The van der Waals surface area contributed by atoms with Crippen LogP contribution in [0.25, 0.3) is 0 Å². The minimum atomic E-state index is -0.932. The van der Waals surface area contributed by atoms with Crippen LogP contribution in [0.2, 0.25) is 0 Å². The molecule has 0 radical (unpaired) electrons. The molecule has 1 unspecified atom stereocenters. The van der Waals surface area contributed by atoms with Crippen molar-refractivity contribution < 1.29 is 29.2 Å². The Morgan fingerprint density at radius 1 is 1.17 bits per heavy atom. The second-order valence-electron chi connectivity index (χ2n) is 5.50. The van der Waals surface area contributed by atoms with Gasteiger partial charge in [-0.15, -0.1) is 0 Å². The number of fused-ring (bicyclic) bond motifs is 1. The molecule has 2 N–H and O–H groups in total. The number of ether oxygens (including phenoxy) is 3. The molecule has 1 heterocycles. The maximum atomic E-state index is 11.7. The van der Waals surface area contributed by atoms with Gasteiger partial charge < -0.3 is 24.4 Å². The average Bonchev–Trinajstić information content (AvgIpc) is 2.60. The van der Waals surface area contributed by atoms with Crippen LogP contribution in [-0.2, 0) is 11.2 Å². The van der Waals surface area contributed by atoms with E-state index >= 15 is 0 Å². The Labute approximate surface area is 139 Å². The topological polar surface area (TPSA) is 85.2 Å². The Morgan fingerprint density at radius 3 is 2.62 bits per heavy atom. The van der Waals surface area contributed by atoms with Crippen LogP contribution < -0.4 is 14.2 Å². The van der Waals surface area contributed by atoms with Crippen LogP contribution in [0.15, 0.2) is 36.4 Å². The first-order valence-electron chi connectivity index (χ1n) is 7.56.